The fourth-order valence-corrected chi connectivity index (χ4v) is 4.12. The van der Waals surface area contributed by atoms with Crippen LogP contribution in [0, 0.1) is 0 Å². The van der Waals surface area contributed by atoms with E-state index in [1.54, 1.807) is 12.0 Å². The van der Waals surface area contributed by atoms with Crippen molar-refractivity contribution >= 4 is 22.9 Å². The number of ether oxygens (including phenoxy) is 1. The molecule has 0 spiro atoms. The van der Waals surface area contributed by atoms with Crippen LogP contribution in [-0.2, 0) is 4.79 Å². The molecule has 1 atom stereocenters. The number of methoxy groups -OCH3 is 1. The van der Waals surface area contributed by atoms with Gasteiger partial charge in [-0.3, -0.25) is 9.59 Å². The molecular formula is C17H22N2O3S. The monoisotopic (exact) mass is 334 g/mol. The van der Waals surface area contributed by atoms with Crippen molar-refractivity contribution in [1.82, 2.24) is 9.80 Å². The summed E-state index contributed by atoms with van der Waals surface area (Å²) in [5, 5.41) is 0.101. The molecule has 3 rings (SSSR count). The van der Waals surface area contributed by atoms with Gasteiger partial charge in [-0.25, -0.2) is 0 Å². The van der Waals surface area contributed by atoms with E-state index in [0.717, 1.165) is 43.0 Å². The van der Waals surface area contributed by atoms with E-state index in [-0.39, 0.29) is 17.2 Å². The molecule has 0 aliphatic carbocycles. The Balaban J connectivity index is 1.63. The van der Waals surface area contributed by atoms with Crippen molar-refractivity contribution < 1.29 is 14.3 Å². The minimum Gasteiger partial charge on any atom is -0.497 e. The Labute approximate surface area is 141 Å². The number of rotatable bonds is 5. The fraction of sp³-hybridized carbons (Fsp3) is 0.529. The largest absolute Gasteiger partial charge is 0.497 e. The topological polar surface area (TPSA) is 49.9 Å². The number of thioether (sulfide) groups is 1. The second-order valence-corrected chi connectivity index (χ2v) is 6.92. The van der Waals surface area contributed by atoms with E-state index in [9.17, 15) is 9.59 Å². The van der Waals surface area contributed by atoms with Crippen LogP contribution in [0.3, 0.4) is 0 Å². The van der Waals surface area contributed by atoms with Gasteiger partial charge in [0.1, 0.15) is 5.75 Å². The van der Waals surface area contributed by atoms with E-state index in [1.165, 1.54) is 11.8 Å². The summed E-state index contributed by atoms with van der Waals surface area (Å²) >= 11 is 1.34. The maximum absolute atomic E-state index is 12.6. The summed E-state index contributed by atoms with van der Waals surface area (Å²) < 4.78 is 5.29. The highest BCUT2D eigenvalue weighted by Crippen LogP contribution is 2.34. The van der Waals surface area contributed by atoms with Gasteiger partial charge < -0.3 is 14.5 Å². The molecule has 0 aromatic heterocycles. The normalized spacial score (nSPS) is 21.1. The van der Waals surface area contributed by atoms with Crippen molar-refractivity contribution in [1.29, 1.82) is 0 Å². The van der Waals surface area contributed by atoms with Crippen LogP contribution < -0.4 is 4.74 Å². The average Bonchev–Trinajstić information content (AvgIpc) is 3.21. The van der Waals surface area contributed by atoms with Crippen LogP contribution in [-0.4, -0.2) is 53.4 Å². The SMILES string of the molecule is COc1cccc(C2CCCN2C(=O)CCN2CCSC2=O)c1. The first-order valence-corrected chi connectivity index (χ1v) is 9.02. The number of carbonyl (C=O) groups excluding carboxylic acids is 2. The van der Waals surface area contributed by atoms with Gasteiger partial charge in [-0.1, -0.05) is 23.9 Å². The lowest BCUT2D eigenvalue weighted by molar-refractivity contribution is -0.132. The molecule has 0 saturated carbocycles. The average molecular weight is 334 g/mol. The number of nitrogens with zero attached hydrogens (tertiary/aromatic N) is 2. The lowest BCUT2D eigenvalue weighted by Gasteiger charge is -2.26. The first kappa shape index (κ1) is 16.2. The fourth-order valence-electron chi connectivity index (χ4n) is 3.26. The number of hydrogen-bond donors (Lipinski definition) is 0. The van der Waals surface area contributed by atoms with Crippen molar-refractivity contribution in [2.75, 3.05) is 32.5 Å². The second kappa shape index (κ2) is 7.25. The molecule has 2 fully saturated rings. The van der Waals surface area contributed by atoms with Gasteiger partial charge in [-0.15, -0.1) is 0 Å². The molecule has 2 aliphatic heterocycles. The third kappa shape index (κ3) is 3.63. The van der Waals surface area contributed by atoms with Gasteiger partial charge in [0.25, 0.3) is 5.24 Å². The molecular weight excluding hydrogens is 312 g/mol. The predicted octanol–water partition coefficient (Wildman–Crippen LogP) is 2.92. The lowest BCUT2D eigenvalue weighted by atomic mass is 10.0. The van der Waals surface area contributed by atoms with Gasteiger partial charge in [0.15, 0.2) is 0 Å². The summed E-state index contributed by atoms with van der Waals surface area (Å²) in [6.07, 6.45) is 2.41. The summed E-state index contributed by atoms with van der Waals surface area (Å²) in [5.41, 5.74) is 1.13. The van der Waals surface area contributed by atoms with Crippen LogP contribution in [0.2, 0.25) is 0 Å². The van der Waals surface area contributed by atoms with Crippen molar-refractivity contribution in [3.8, 4) is 5.75 Å². The number of hydrogen-bond acceptors (Lipinski definition) is 4. The summed E-state index contributed by atoms with van der Waals surface area (Å²) in [6.45, 7) is 2.09. The maximum atomic E-state index is 12.6. The van der Waals surface area contributed by atoms with Gasteiger partial charge in [0, 0.05) is 31.8 Å². The molecule has 0 radical (unpaired) electrons. The molecule has 124 valence electrons. The van der Waals surface area contributed by atoms with Gasteiger partial charge in [-0.2, -0.15) is 0 Å². The van der Waals surface area contributed by atoms with E-state index in [4.69, 9.17) is 4.74 Å². The van der Waals surface area contributed by atoms with E-state index in [1.807, 2.05) is 23.1 Å². The highest BCUT2D eigenvalue weighted by Gasteiger charge is 2.31. The van der Waals surface area contributed by atoms with E-state index in [0.29, 0.717) is 13.0 Å². The van der Waals surface area contributed by atoms with Crippen molar-refractivity contribution in [2.24, 2.45) is 0 Å². The Morgan fingerprint density at radius 1 is 1.39 bits per heavy atom. The quantitative estimate of drug-likeness (QED) is 0.831. The number of carbonyl (C=O) groups is 2. The van der Waals surface area contributed by atoms with E-state index < -0.39 is 0 Å². The van der Waals surface area contributed by atoms with Gasteiger partial charge in [0.2, 0.25) is 5.91 Å². The second-order valence-electron chi connectivity index (χ2n) is 5.87. The first-order valence-electron chi connectivity index (χ1n) is 8.04. The summed E-state index contributed by atoms with van der Waals surface area (Å²) in [7, 11) is 1.65. The Morgan fingerprint density at radius 3 is 3.00 bits per heavy atom. The predicted molar refractivity (Wildman–Crippen MR) is 90.7 cm³/mol. The van der Waals surface area contributed by atoms with Gasteiger partial charge in [0.05, 0.1) is 13.2 Å². The highest BCUT2D eigenvalue weighted by molar-refractivity contribution is 8.13. The molecule has 1 aromatic rings. The molecule has 2 heterocycles. The number of amides is 2. The number of likely N-dealkylation sites (tertiary alicyclic amines) is 1. The van der Waals surface area contributed by atoms with Crippen LogP contribution >= 0.6 is 11.8 Å². The minimum absolute atomic E-state index is 0.101. The Kier molecular flexibility index (Phi) is 5.10. The third-order valence-electron chi connectivity index (χ3n) is 4.49. The Hall–Kier alpha value is -1.69. The molecule has 0 bridgehead atoms. The molecule has 6 heteroatoms. The van der Waals surface area contributed by atoms with Crippen LogP contribution in [0.5, 0.6) is 5.75 Å². The van der Waals surface area contributed by atoms with Crippen LogP contribution in [0.4, 0.5) is 4.79 Å². The molecule has 1 unspecified atom stereocenters. The van der Waals surface area contributed by atoms with Crippen LogP contribution in [0.25, 0.3) is 0 Å². The highest BCUT2D eigenvalue weighted by atomic mass is 32.2. The smallest absolute Gasteiger partial charge is 0.281 e. The molecule has 2 amide bonds. The zero-order valence-corrected chi connectivity index (χ0v) is 14.2. The minimum atomic E-state index is 0.101. The first-order chi connectivity index (χ1) is 11.2. The molecule has 23 heavy (non-hydrogen) atoms. The number of benzene rings is 1. The third-order valence-corrected chi connectivity index (χ3v) is 5.38. The zero-order chi connectivity index (χ0) is 16.2. The lowest BCUT2D eigenvalue weighted by Crippen LogP contribution is -2.34. The van der Waals surface area contributed by atoms with Crippen molar-refractivity contribution in [2.45, 2.75) is 25.3 Å². The molecule has 1 aromatic carbocycles. The van der Waals surface area contributed by atoms with Gasteiger partial charge in [-0.05, 0) is 30.5 Å². The summed E-state index contributed by atoms with van der Waals surface area (Å²) in [6, 6.07) is 8.08. The summed E-state index contributed by atoms with van der Waals surface area (Å²) in [4.78, 5) is 27.9. The standard InChI is InChI=1S/C17H22N2O3S/c1-22-14-5-2-4-13(12-14)15-6-3-8-19(15)16(20)7-9-18-10-11-23-17(18)21/h2,4-5,12,15H,3,6-11H2,1H3. The summed E-state index contributed by atoms with van der Waals surface area (Å²) in [5.74, 6) is 1.80. The zero-order valence-electron chi connectivity index (χ0n) is 13.4. The molecule has 5 nitrogen and oxygen atoms in total. The van der Waals surface area contributed by atoms with Crippen LogP contribution in [0.1, 0.15) is 30.9 Å². The Bertz CT molecular complexity index is 593. The molecule has 2 aliphatic rings. The van der Waals surface area contributed by atoms with Crippen LogP contribution in [0.15, 0.2) is 24.3 Å². The van der Waals surface area contributed by atoms with E-state index >= 15 is 0 Å². The van der Waals surface area contributed by atoms with Crippen molar-refractivity contribution in [3.05, 3.63) is 29.8 Å². The molecule has 0 N–H and O–H groups in total. The van der Waals surface area contributed by atoms with E-state index in [2.05, 4.69) is 6.07 Å². The maximum Gasteiger partial charge on any atom is 0.281 e. The van der Waals surface area contributed by atoms with Gasteiger partial charge >= 0.3 is 0 Å². The van der Waals surface area contributed by atoms with Crippen molar-refractivity contribution in [3.63, 3.8) is 0 Å². The Morgan fingerprint density at radius 2 is 2.26 bits per heavy atom. The molecule has 2 saturated heterocycles.